The molecule has 0 radical (unpaired) electrons. The topological polar surface area (TPSA) is 59.8 Å². The van der Waals surface area contributed by atoms with Crippen molar-refractivity contribution in [3.63, 3.8) is 0 Å². The molecule has 0 spiro atoms. The van der Waals surface area contributed by atoms with Crippen LogP contribution in [0.2, 0.25) is 5.02 Å². The number of rotatable bonds is 3. The molecule has 5 rings (SSSR count). The number of hydrogen-bond donors (Lipinski definition) is 1. The normalized spacial score (nSPS) is 15.5. The van der Waals surface area contributed by atoms with Crippen molar-refractivity contribution in [1.82, 2.24) is 14.8 Å². The van der Waals surface area contributed by atoms with E-state index in [9.17, 15) is 4.79 Å². The van der Waals surface area contributed by atoms with E-state index in [1.165, 1.54) is 0 Å². The monoisotopic (exact) mass is 422 g/mol. The van der Waals surface area contributed by atoms with Gasteiger partial charge in [0.15, 0.2) is 11.6 Å². The van der Waals surface area contributed by atoms with Crippen molar-refractivity contribution in [2.75, 3.05) is 5.32 Å². The number of nitrogens with one attached hydrogen (secondary N) is 1. The van der Waals surface area contributed by atoms with Crippen molar-refractivity contribution in [2.24, 2.45) is 5.41 Å². The van der Waals surface area contributed by atoms with E-state index in [-0.39, 0.29) is 11.2 Å². The largest absolute Gasteiger partial charge is 0.338 e. The van der Waals surface area contributed by atoms with Crippen molar-refractivity contribution in [2.45, 2.75) is 26.7 Å². The maximum atomic E-state index is 13.1. The van der Waals surface area contributed by atoms with Crippen molar-refractivity contribution in [3.8, 4) is 5.13 Å². The Bertz CT molecular complexity index is 1210. The zero-order chi connectivity index (χ0) is 20.2. The highest BCUT2D eigenvalue weighted by Crippen LogP contribution is 2.40. The van der Waals surface area contributed by atoms with Gasteiger partial charge in [0.05, 0.1) is 21.5 Å². The molecule has 1 aliphatic rings. The number of halogens is 1. The smallest absolute Gasteiger partial charge is 0.211 e. The summed E-state index contributed by atoms with van der Waals surface area (Å²) in [6.07, 6.45) is 1.26. The van der Waals surface area contributed by atoms with E-state index in [0.29, 0.717) is 22.8 Å². The highest BCUT2D eigenvalue weighted by Gasteiger charge is 2.37. The number of fused-ring (bicyclic) bond motifs is 2. The summed E-state index contributed by atoms with van der Waals surface area (Å²) in [5.41, 5.74) is 3.24. The van der Waals surface area contributed by atoms with E-state index in [0.717, 1.165) is 33.2 Å². The van der Waals surface area contributed by atoms with Gasteiger partial charge in [-0.25, -0.2) is 9.67 Å². The Kier molecular flexibility index (Phi) is 4.22. The second kappa shape index (κ2) is 6.68. The van der Waals surface area contributed by atoms with Crippen LogP contribution in [0.25, 0.3) is 15.3 Å². The Labute approximate surface area is 177 Å². The van der Waals surface area contributed by atoms with Crippen molar-refractivity contribution >= 4 is 50.4 Å². The van der Waals surface area contributed by atoms with Gasteiger partial charge in [-0.2, -0.15) is 0 Å². The quantitative estimate of drug-likeness (QED) is 0.437. The number of hydrogen-bond acceptors (Lipinski definition) is 5. The number of benzene rings is 2. The number of para-hydroxylation sites is 1. The van der Waals surface area contributed by atoms with Crippen molar-refractivity contribution < 1.29 is 4.79 Å². The van der Waals surface area contributed by atoms with Crippen LogP contribution in [-0.4, -0.2) is 20.5 Å². The van der Waals surface area contributed by atoms with Crippen LogP contribution in [-0.2, 0) is 6.42 Å². The maximum absolute atomic E-state index is 13.1. The molecule has 0 saturated carbocycles. The Balaban J connectivity index is 1.66. The van der Waals surface area contributed by atoms with Gasteiger partial charge in [0, 0.05) is 17.1 Å². The first-order valence-corrected chi connectivity index (χ1v) is 10.6. The summed E-state index contributed by atoms with van der Waals surface area (Å²) >= 11 is 7.58. The highest BCUT2D eigenvalue weighted by molar-refractivity contribution is 7.20. The molecule has 5 nitrogen and oxygen atoms in total. The summed E-state index contributed by atoms with van der Waals surface area (Å²) in [6, 6.07) is 15.4. The second-order valence-electron chi connectivity index (χ2n) is 8.12. The fourth-order valence-corrected chi connectivity index (χ4v) is 4.88. The van der Waals surface area contributed by atoms with Gasteiger partial charge >= 0.3 is 0 Å². The van der Waals surface area contributed by atoms with Crippen LogP contribution in [0, 0.1) is 5.41 Å². The lowest BCUT2D eigenvalue weighted by Crippen LogP contribution is -2.28. The predicted molar refractivity (Wildman–Crippen MR) is 118 cm³/mol. The molecule has 29 heavy (non-hydrogen) atoms. The molecule has 1 N–H and O–H groups in total. The number of Topliss-reactive ketones (excluding diaryl/α,β-unsaturated/α-hetero) is 1. The van der Waals surface area contributed by atoms with Gasteiger partial charge in [-0.3, -0.25) is 4.79 Å². The minimum Gasteiger partial charge on any atom is -0.338 e. The number of ketones is 1. The summed E-state index contributed by atoms with van der Waals surface area (Å²) in [5, 5.41) is 9.53. The van der Waals surface area contributed by atoms with E-state index in [2.05, 4.69) is 25.2 Å². The molecule has 1 aliphatic carbocycles. The zero-order valence-electron chi connectivity index (χ0n) is 16.1. The van der Waals surface area contributed by atoms with Gasteiger partial charge in [0.25, 0.3) is 0 Å². The summed E-state index contributed by atoms with van der Waals surface area (Å²) < 4.78 is 2.94. The highest BCUT2D eigenvalue weighted by atomic mass is 35.5. The van der Waals surface area contributed by atoms with Crippen LogP contribution < -0.4 is 5.32 Å². The van der Waals surface area contributed by atoms with Gasteiger partial charge in [-0.05, 0) is 48.2 Å². The molecule has 0 bridgehead atoms. The Morgan fingerprint density at radius 2 is 1.86 bits per heavy atom. The first-order valence-electron chi connectivity index (χ1n) is 9.43. The number of aromatic nitrogens is 3. The van der Waals surface area contributed by atoms with Gasteiger partial charge in [0.2, 0.25) is 5.13 Å². The molecule has 2 aromatic carbocycles. The lowest BCUT2D eigenvalue weighted by molar-refractivity contribution is 0.0912. The van der Waals surface area contributed by atoms with Crippen LogP contribution in [0.1, 0.15) is 36.3 Å². The third-order valence-corrected chi connectivity index (χ3v) is 6.38. The lowest BCUT2D eigenvalue weighted by Gasteiger charge is -2.28. The predicted octanol–water partition coefficient (Wildman–Crippen LogP) is 6.03. The van der Waals surface area contributed by atoms with Crippen molar-refractivity contribution in [3.05, 3.63) is 64.8 Å². The molecule has 2 aromatic heterocycles. The molecule has 0 amide bonds. The summed E-state index contributed by atoms with van der Waals surface area (Å²) in [5.74, 6) is 0.683. The summed E-state index contributed by atoms with van der Waals surface area (Å²) in [7, 11) is 0. The lowest BCUT2D eigenvalue weighted by atomic mass is 9.76. The fourth-order valence-electron chi connectivity index (χ4n) is 3.81. The van der Waals surface area contributed by atoms with Crippen LogP contribution in [0.5, 0.6) is 0 Å². The molecule has 4 aromatic rings. The Morgan fingerprint density at radius 3 is 2.62 bits per heavy atom. The first-order chi connectivity index (χ1) is 13.9. The van der Waals surface area contributed by atoms with Gasteiger partial charge in [-0.15, -0.1) is 5.10 Å². The third-order valence-electron chi connectivity index (χ3n) is 5.12. The van der Waals surface area contributed by atoms with Gasteiger partial charge in [-0.1, -0.05) is 48.9 Å². The minimum atomic E-state index is -0.115. The van der Waals surface area contributed by atoms with Crippen LogP contribution >= 0.6 is 22.9 Å². The average molecular weight is 423 g/mol. The molecule has 146 valence electrons. The second-order valence-corrected chi connectivity index (χ2v) is 9.56. The fraction of sp³-hybridized carbons (Fsp3) is 0.227. The maximum Gasteiger partial charge on any atom is 0.211 e. The van der Waals surface area contributed by atoms with E-state index < -0.39 is 0 Å². The average Bonchev–Trinajstić information content (AvgIpc) is 3.24. The Morgan fingerprint density at radius 1 is 1.10 bits per heavy atom. The molecule has 2 heterocycles. The first kappa shape index (κ1) is 18.3. The SMILES string of the molecule is CC1(C)CC(=O)c2c(Nc3ccc(Cl)cc3)nn(-c3nc4ccccc4s3)c2C1. The van der Waals surface area contributed by atoms with Crippen LogP contribution in [0.15, 0.2) is 48.5 Å². The van der Waals surface area contributed by atoms with E-state index in [1.807, 2.05) is 47.1 Å². The van der Waals surface area contributed by atoms with Gasteiger partial charge < -0.3 is 5.32 Å². The molecule has 7 heteroatoms. The molecule has 0 aliphatic heterocycles. The van der Waals surface area contributed by atoms with E-state index in [4.69, 9.17) is 21.7 Å². The molecule has 0 saturated heterocycles. The molecular weight excluding hydrogens is 404 g/mol. The number of carbonyl (C=O) groups excluding carboxylic acids is 1. The standard InChI is InChI=1S/C22H19ClN4OS/c1-22(2)11-16-19(17(28)12-22)20(24-14-9-7-13(23)8-10-14)26-27(16)21-25-15-5-3-4-6-18(15)29-21/h3-10H,11-12H2,1-2H3,(H,24,26). The summed E-state index contributed by atoms with van der Waals surface area (Å²) in [6.45, 7) is 4.24. The van der Waals surface area contributed by atoms with Gasteiger partial charge in [0.1, 0.15) is 0 Å². The zero-order valence-corrected chi connectivity index (χ0v) is 17.6. The number of nitrogens with zero attached hydrogens (tertiary/aromatic N) is 3. The molecule has 0 atom stereocenters. The van der Waals surface area contributed by atoms with Crippen LogP contribution in [0.3, 0.4) is 0 Å². The van der Waals surface area contributed by atoms with Crippen molar-refractivity contribution in [1.29, 1.82) is 0 Å². The third kappa shape index (κ3) is 3.32. The number of carbonyl (C=O) groups is 1. The van der Waals surface area contributed by atoms with E-state index >= 15 is 0 Å². The Hall–Kier alpha value is -2.70. The molecule has 0 unspecified atom stereocenters. The molecule has 0 fully saturated rings. The number of anilines is 2. The van der Waals surface area contributed by atoms with Crippen LogP contribution in [0.4, 0.5) is 11.5 Å². The summed E-state index contributed by atoms with van der Waals surface area (Å²) in [4.78, 5) is 17.8. The number of thiazole rings is 1. The van der Waals surface area contributed by atoms with E-state index in [1.54, 1.807) is 11.3 Å². The molecular formula is C22H19ClN4OS. The minimum absolute atomic E-state index is 0.111.